The molecule has 0 unspecified atom stereocenters. The van der Waals surface area contributed by atoms with E-state index in [1.807, 2.05) is 36.4 Å². The predicted molar refractivity (Wildman–Crippen MR) is 155 cm³/mol. The van der Waals surface area contributed by atoms with Gasteiger partial charge in [-0.2, -0.15) is 4.98 Å². The van der Waals surface area contributed by atoms with E-state index in [-0.39, 0.29) is 6.54 Å². The highest BCUT2D eigenvalue weighted by Gasteiger charge is 2.20. The number of methoxy groups -OCH3 is 2. The van der Waals surface area contributed by atoms with Gasteiger partial charge in [-0.3, -0.25) is 0 Å². The Labute approximate surface area is 235 Å². The molecule has 3 aromatic rings. The van der Waals surface area contributed by atoms with E-state index < -0.39 is 10.9 Å². The first-order valence-electron chi connectivity index (χ1n) is 12.6. The Kier molecular flexibility index (Phi) is 10.6. The van der Waals surface area contributed by atoms with Crippen molar-refractivity contribution in [3.05, 3.63) is 59.2 Å². The third-order valence-electron chi connectivity index (χ3n) is 6.44. The zero-order chi connectivity index (χ0) is 27.6. The monoisotopic (exact) mass is 575 g/mol. The summed E-state index contributed by atoms with van der Waals surface area (Å²) in [5.41, 5.74) is 3.23. The number of aromatic nitrogens is 2. The van der Waals surface area contributed by atoms with Crippen molar-refractivity contribution in [2.45, 2.75) is 25.4 Å². The van der Waals surface area contributed by atoms with Gasteiger partial charge in [-0.1, -0.05) is 29.8 Å². The van der Waals surface area contributed by atoms with Crippen molar-refractivity contribution >= 4 is 51.3 Å². The molecule has 4 N–H and O–H groups in total. The van der Waals surface area contributed by atoms with Crippen LogP contribution in [0.5, 0.6) is 5.75 Å². The van der Waals surface area contributed by atoms with E-state index in [1.165, 1.54) is 6.20 Å². The predicted octanol–water partition coefficient (Wildman–Crippen LogP) is 3.45. The van der Waals surface area contributed by atoms with Crippen LogP contribution in [0.15, 0.2) is 48.7 Å². The van der Waals surface area contributed by atoms with Crippen LogP contribution in [-0.4, -0.2) is 64.9 Å². The van der Waals surface area contributed by atoms with Crippen molar-refractivity contribution in [3.8, 4) is 5.75 Å². The number of ether oxygens (including phenoxy) is 2. The fourth-order valence-electron chi connectivity index (χ4n) is 4.40. The third kappa shape index (κ3) is 8.16. The van der Waals surface area contributed by atoms with Crippen LogP contribution >= 0.6 is 11.6 Å². The topological polar surface area (TPSA) is 130 Å². The summed E-state index contributed by atoms with van der Waals surface area (Å²) in [6.45, 7) is 3.64. The molecule has 2 aromatic carbocycles. The average molecular weight is 576 g/mol. The highest BCUT2D eigenvalue weighted by Crippen LogP contribution is 2.33. The molecule has 0 aliphatic carbocycles. The number of halogens is 1. The molecule has 0 saturated carbocycles. The molecule has 0 atom stereocenters. The maximum Gasteiger partial charge on any atom is 0.229 e. The number of anilines is 5. The number of nitrogens with zero attached hydrogens (tertiary/aromatic N) is 3. The Hall–Kier alpha value is -3.16. The van der Waals surface area contributed by atoms with Gasteiger partial charge in [0.05, 0.1) is 25.6 Å². The Morgan fingerprint density at radius 1 is 1.08 bits per heavy atom. The molecule has 2 heterocycles. The van der Waals surface area contributed by atoms with E-state index in [0.717, 1.165) is 56.0 Å². The van der Waals surface area contributed by atoms with Crippen LogP contribution in [0.2, 0.25) is 5.02 Å². The SMILES string of the molecule is COCCNC1CCN(c2ccc(Nc3ncc(Cl)c(Nc4ccccc4CN[SH](=O)=O)n3)c(OC)c2)CC1. The second-order valence-corrected chi connectivity index (χ2v) is 10.2. The van der Waals surface area contributed by atoms with Crippen LogP contribution < -0.4 is 30.3 Å². The zero-order valence-electron chi connectivity index (χ0n) is 21.9. The fourth-order valence-corrected chi connectivity index (χ4v) is 4.83. The quantitative estimate of drug-likeness (QED) is 0.153. The molecule has 1 aromatic heterocycles. The van der Waals surface area contributed by atoms with E-state index in [2.05, 4.69) is 41.6 Å². The summed E-state index contributed by atoms with van der Waals surface area (Å²) >= 11 is 6.37. The first kappa shape index (κ1) is 28.8. The van der Waals surface area contributed by atoms with Crippen LogP contribution in [0.25, 0.3) is 0 Å². The second kappa shape index (κ2) is 14.3. The van der Waals surface area contributed by atoms with Gasteiger partial charge >= 0.3 is 0 Å². The highest BCUT2D eigenvalue weighted by molar-refractivity contribution is 7.70. The number of piperidine rings is 1. The van der Waals surface area contributed by atoms with Gasteiger partial charge in [0.15, 0.2) is 5.82 Å². The molecule has 210 valence electrons. The number of nitrogens with one attached hydrogen (secondary N) is 4. The van der Waals surface area contributed by atoms with Crippen molar-refractivity contribution in [1.29, 1.82) is 0 Å². The molecule has 1 fully saturated rings. The first-order valence-corrected chi connectivity index (χ1v) is 14.2. The summed E-state index contributed by atoms with van der Waals surface area (Å²) in [5, 5.41) is 10.3. The molecule has 0 radical (unpaired) electrons. The van der Waals surface area contributed by atoms with Crippen LogP contribution in [0.3, 0.4) is 0 Å². The van der Waals surface area contributed by atoms with Crippen LogP contribution in [-0.2, 0) is 22.2 Å². The molecule has 1 saturated heterocycles. The summed E-state index contributed by atoms with van der Waals surface area (Å²) < 4.78 is 35.2. The van der Waals surface area contributed by atoms with Crippen molar-refractivity contribution in [2.75, 3.05) is 56.0 Å². The number of thiol groups is 1. The molecule has 0 bridgehead atoms. The number of benzene rings is 2. The summed E-state index contributed by atoms with van der Waals surface area (Å²) in [6.07, 6.45) is 3.63. The largest absolute Gasteiger partial charge is 0.494 e. The van der Waals surface area contributed by atoms with E-state index in [0.29, 0.717) is 34.3 Å². The number of rotatable bonds is 13. The van der Waals surface area contributed by atoms with Crippen molar-refractivity contribution in [3.63, 3.8) is 0 Å². The van der Waals surface area contributed by atoms with Gasteiger partial charge in [0.25, 0.3) is 0 Å². The van der Waals surface area contributed by atoms with Crippen molar-refractivity contribution in [1.82, 2.24) is 20.0 Å². The van der Waals surface area contributed by atoms with Gasteiger partial charge in [0, 0.05) is 56.8 Å². The van der Waals surface area contributed by atoms with Crippen LogP contribution in [0.1, 0.15) is 18.4 Å². The minimum atomic E-state index is -2.71. The van der Waals surface area contributed by atoms with Gasteiger partial charge in [-0.25, -0.2) is 18.1 Å². The summed E-state index contributed by atoms with van der Waals surface area (Å²) in [7, 11) is 0.635. The van der Waals surface area contributed by atoms with E-state index >= 15 is 0 Å². The Balaban J connectivity index is 1.44. The smallest absolute Gasteiger partial charge is 0.229 e. The summed E-state index contributed by atoms with van der Waals surface area (Å²) in [4.78, 5) is 11.2. The molecule has 4 rings (SSSR count). The molecular weight excluding hydrogens is 542 g/mol. The van der Waals surface area contributed by atoms with Gasteiger partial charge in [-0.05, 0) is 36.6 Å². The highest BCUT2D eigenvalue weighted by atomic mass is 35.5. The maximum atomic E-state index is 11.0. The molecule has 11 nitrogen and oxygen atoms in total. The first-order chi connectivity index (χ1) is 19.0. The lowest BCUT2D eigenvalue weighted by Crippen LogP contribution is -2.43. The molecule has 0 spiro atoms. The standard InChI is InChI=1S/C26H34ClN7O4S/c1-37-14-11-28-19-9-12-34(13-10-19)20-7-8-23(24(15-20)38-2)32-26-29-17-21(27)25(33-26)31-22-6-4-3-5-18(22)16-30-39(35)36/h3-8,15,17,19,28,39H,9-14,16H2,1-2H3,(H,30,35,36)(H2,29,31,32,33). The third-order valence-corrected chi connectivity index (χ3v) is 7.14. The van der Waals surface area contributed by atoms with Gasteiger partial charge in [0.1, 0.15) is 10.8 Å². The van der Waals surface area contributed by atoms with Crippen molar-refractivity contribution in [2.24, 2.45) is 0 Å². The Morgan fingerprint density at radius 3 is 2.62 bits per heavy atom. The van der Waals surface area contributed by atoms with Crippen molar-refractivity contribution < 1.29 is 17.9 Å². The lowest BCUT2D eigenvalue weighted by Gasteiger charge is -2.34. The summed E-state index contributed by atoms with van der Waals surface area (Å²) in [5.74, 6) is 1.38. The Bertz CT molecular complexity index is 1310. The van der Waals surface area contributed by atoms with E-state index in [9.17, 15) is 8.42 Å². The maximum absolute atomic E-state index is 11.0. The van der Waals surface area contributed by atoms with Gasteiger partial charge in [0.2, 0.25) is 16.8 Å². The number of hydrogen-bond donors (Lipinski definition) is 5. The normalized spacial score (nSPS) is 14.0. The Morgan fingerprint density at radius 2 is 1.87 bits per heavy atom. The number of hydrogen-bond acceptors (Lipinski definition) is 10. The van der Waals surface area contributed by atoms with Crippen LogP contribution in [0.4, 0.5) is 28.8 Å². The minimum absolute atomic E-state index is 0.140. The minimum Gasteiger partial charge on any atom is -0.494 e. The second-order valence-electron chi connectivity index (χ2n) is 8.98. The molecule has 1 aliphatic heterocycles. The van der Waals surface area contributed by atoms with E-state index in [1.54, 1.807) is 14.2 Å². The molecule has 0 amide bonds. The van der Waals surface area contributed by atoms with Gasteiger partial charge < -0.3 is 30.3 Å². The zero-order valence-corrected chi connectivity index (χ0v) is 23.6. The lowest BCUT2D eigenvalue weighted by molar-refractivity contribution is 0.193. The molecule has 13 heteroatoms. The van der Waals surface area contributed by atoms with Gasteiger partial charge in [-0.15, -0.1) is 0 Å². The summed E-state index contributed by atoms with van der Waals surface area (Å²) in [6, 6.07) is 13.8. The van der Waals surface area contributed by atoms with Crippen LogP contribution in [0, 0.1) is 0 Å². The molecule has 1 aliphatic rings. The number of para-hydroxylation sites is 1. The molecular formula is C26H34ClN7O4S. The molecule has 39 heavy (non-hydrogen) atoms. The lowest BCUT2D eigenvalue weighted by atomic mass is 10.0. The average Bonchev–Trinajstić information content (AvgIpc) is 2.95. The fraction of sp³-hybridized carbons (Fsp3) is 0.385. The van der Waals surface area contributed by atoms with E-state index in [4.69, 9.17) is 21.1 Å².